The lowest BCUT2D eigenvalue weighted by atomic mass is 10.0. The summed E-state index contributed by atoms with van der Waals surface area (Å²) in [5.74, 6) is 0. The van der Waals surface area contributed by atoms with E-state index in [9.17, 15) is 0 Å². The average molecular weight is 340 g/mol. The van der Waals surface area contributed by atoms with Crippen molar-refractivity contribution < 1.29 is 0 Å². The predicted molar refractivity (Wildman–Crippen MR) is 89.0 cm³/mol. The van der Waals surface area contributed by atoms with Crippen LogP contribution in [0.4, 0.5) is 11.4 Å². The van der Waals surface area contributed by atoms with Crippen LogP contribution in [0.2, 0.25) is 0 Å². The summed E-state index contributed by atoms with van der Waals surface area (Å²) in [6.45, 7) is 1.02. The van der Waals surface area contributed by atoms with Crippen molar-refractivity contribution in [2.75, 3.05) is 11.4 Å². The molecule has 0 atom stereocenters. The molecule has 0 radical (unpaired) electrons. The van der Waals surface area contributed by atoms with Crippen molar-refractivity contribution in [2.45, 2.75) is 12.8 Å². The van der Waals surface area contributed by atoms with E-state index >= 15 is 0 Å². The van der Waals surface area contributed by atoms with Crippen molar-refractivity contribution in [2.24, 2.45) is 0 Å². The molecule has 3 nitrogen and oxygen atoms in total. The Morgan fingerprint density at radius 3 is 2.90 bits per heavy atom. The number of para-hydroxylation sites is 1. The minimum Gasteiger partial charge on any atom is -0.339 e. The highest BCUT2D eigenvalue weighted by atomic mass is 79.9. The third-order valence-electron chi connectivity index (χ3n) is 3.92. The van der Waals surface area contributed by atoms with Crippen LogP contribution in [0.1, 0.15) is 12.0 Å². The molecular formula is C17H14BrN3. The zero-order valence-electron chi connectivity index (χ0n) is 11.5. The number of fused-ring (bicyclic) bond motifs is 2. The lowest BCUT2D eigenvalue weighted by Gasteiger charge is -2.31. The number of benzene rings is 1. The highest BCUT2D eigenvalue weighted by Gasteiger charge is 2.20. The summed E-state index contributed by atoms with van der Waals surface area (Å²) in [6, 6.07) is 12.7. The second-order valence-electron chi connectivity index (χ2n) is 5.24. The molecule has 0 fully saturated rings. The van der Waals surface area contributed by atoms with Gasteiger partial charge in [0.05, 0.1) is 11.2 Å². The number of halogens is 1. The number of pyridine rings is 2. The van der Waals surface area contributed by atoms with E-state index in [2.05, 4.69) is 61.1 Å². The molecule has 0 spiro atoms. The zero-order valence-corrected chi connectivity index (χ0v) is 13.0. The Kier molecular flexibility index (Phi) is 3.11. The van der Waals surface area contributed by atoms with E-state index in [1.165, 1.54) is 11.3 Å². The Bertz CT molecular complexity index is 816. The van der Waals surface area contributed by atoms with Crippen LogP contribution in [-0.4, -0.2) is 16.5 Å². The number of aryl methyl sites for hydroxylation is 1. The first-order valence-electron chi connectivity index (χ1n) is 7.08. The first kappa shape index (κ1) is 12.8. The summed E-state index contributed by atoms with van der Waals surface area (Å²) in [7, 11) is 0. The minimum absolute atomic E-state index is 0.921. The summed E-state index contributed by atoms with van der Waals surface area (Å²) in [6.07, 6.45) is 6.01. The fourth-order valence-electron chi connectivity index (χ4n) is 2.99. The summed E-state index contributed by atoms with van der Waals surface area (Å²) >= 11 is 3.46. The fourth-order valence-corrected chi connectivity index (χ4v) is 3.31. The van der Waals surface area contributed by atoms with E-state index in [4.69, 9.17) is 0 Å². The van der Waals surface area contributed by atoms with E-state index in [-0.39, 0.29) is 0 Å². The molecule has 1 aliphatic heterocycles. The molecule has 0 unspecified atom stereocenters. The van der Waals surface area contributed by atoms with Crippen molar-refractivity contribution in [1.82, 2.24) is 9.97 Å². The minimum atomic E-state index is 0.921. The van der Waals surface area contributed by atoms with Gasteiger partial charge in [0.1, 0.15) is 5.52 Å². The fraction of sp³-hybridized carbons (Fsp3) is 0.176. The summed E-state index contributed by atoms with van der Waals surface area (Å²) < 4.78 is 0.957. The molecule has 4 rings (SSSR count). The van der Waals surface area contributed by atoms with E-state index in [0.717, 1.165) is 40.6 Å². The summed E-state index contributed by atoms with van der Waals surface area (Å²) in [5, 5.41) is 0. The molecule has 0 saturated heterocycles. The van der Waals surface area contributed by atoms with Gasteiger partial charge in [0.2, 0.25) is 0 Å². The van der Waals surface area contributed by atoms with Crippen molar-refractivity contribution in [3.05, 3.63) is 58.8 Å². The largest absolute Gasteiger partial charge is 0.339 e. The third kappa shape index (κ3) is 2.20. The highest BCUT2D eigenvalue weighted by Crippen LogP contribution is 2.36. The van der Waals surface area contributed by atoms with Gasteiger partial charge >= 0.3 is 0 Å². The molecule has 3 heterocycles. The summed E-state index contributed by atoms with van der Waals surface area (Å²) in [5.41, 5.74) is 5.72. The Hall–Kier alpha value is -1.94. The van der Waals surface area contributed by atoms with Crippen molar-refractivity contribution in [3.8, 4) is 0 Å². The first-order chi connectivity index (χ1) is 10.3. The Balaban J connectivity index is 1.92. The normalized spacial score (nSPS) is 14.2. The van der Waals surface area contributed by atoms with Crippen LogP contribution < -0.4 is 4.90 Å². The van der Waals surface area contributed by atoms with Crippen molar-refractivity contribution in [3.63, 3.8) is 0 Å². The van der Waals surface area contributed by atoms with Crippen molar-refractivity contribution >= 4 is 38.3 Å². The molecular weight excluding hydrogens is 326 g/mol. The number of nitrogens with zero attached hydrogens (tertiary/aromatic N) is 3. The zero-order chi connectivity index (χ0) is 14.2. The van der Waals surface area contributed by atoms with Crippen LogP contribution in [0.15, 0.2) is 53.3 Å². The van der Waals surface area contributed by atoms with Gasteiger partial charge in [0.25, 0.3) is 0 Å². The van der Waals surface area contributed by atoms with Gasteiger partial charge in [-0.2, -0.15) is 0 Å². The maximum atomic E-state index is 4.58. The molecule has 0 bridgehead atoms. The maximum Gasteiger partial charge on any atom is 0.112 e. The van der Waals surface area contributed by atoms with Crippen LogP contribution in [0.25, 0.3) is 11.0 Å². The van der Waals surface area contributed by atoms with Crippen molar-refractivity contribution in [1.29, 1.82) is 0 Å². The van der Waals surface area contributed by atoms with Crippen LogP contribution in [0.3, 0.4) is 0 Å². The molecule has 104 valence electrons. The van der Waals surface area contributed by atoms with E-state index < -0.39 is 0 Å². The molecule has 0 aliphatic carbocycles. The van der Waals surface area contributed by atoms with Crippen LogP contribution in [0, 0.1) is 0 Å². The molecule has 0 N–H and O–H groups in total. The van der Waals surface area contributed by atoms with Gasteiger partial charge in [-0.05, 0) is 52.5 Å². The van der Waals surface area contributed by atoms with Crippen LogP contribution >= 0.6 is 15.9 Å². The standard InChI is InChI=1S/C17H14BrN3/c18-13-10-14-17(20-11-13)16(7-8-19-14)21-9-3-5-12-4-1-2-6-15(12)21/h1-2,4,6-8,10-11H,3,5,9H2. The molecule has 21 heavy (non-hydrogen) atoms. The topological polar surface area (TPSA) is 29.0 Å². The lowest BCUT2D eigenvalue weighted by molar-refractivity contribution is 0.768. The summed E-state index contributed by atoms with van der Waals surface area (Å²) in [4.78, 5) is 11.4. The SMILES string of the molecule is Brc1cnc2c(N3CCCc4ccccc43)ccnc2c1. The number of rotatable bonds is 1. The quantitative estimate of drug-likeness (QED) is 0.654. The lowest BCUT2D eigenvalue weighted by Crippen LogP contribution is -2.24. The maximum absolute atomic E-state index is 4.58. The molecule has 0 amide bonds. The molecule has 3 aromatic rings. The molecule has 4 heteroatoms. The van der Waals surface area contributed by atoms with Gasteiger partial charge in [0, 0.05) is 29.1 Å². The number of hydrogen-bond donors (Lipinski definition) is 0. The first-order valence-corrected chi connectivity index (χ1v) is 7.88. The average Bonchev–Trinajstić information content (AvgIpc) is 2.53. The van der Waals surface area contributed by atoms with Gasteiger partial charge in [-0.3, -0.25) is 9.97 Å². The van der Waals surface area contributed by atoms with E-state index in [1.54, 1.807) is 0 Å². The van der Waals surface area contributed by atoms with E-state index in [0.29, 0.717) is 0 Å². The predicted octanol–water partition coefficient (Wildman–Crippen LogP) is 4.48. The van der Waals surface area contributed by atoms with Gasteiger partial charge < -0.3 is 4.90 Å². The monoisotopic (exact) mass is 339 g/mol. The third-order valence-corrected chi connectivity index (χ3v) is 4.36. The van der Waals surface area contributed by atoms with Crippen LogP contribution in [-0.2, 0) is 6.42 Å². The van der Waals surface area contributed by atoms with Gasteiger partial charge in [-0.25, -0.2) is 0 Å². The molecule has 2 aromatic heterocycles. The van der Waals surface area contributed by atoms with E-state index in [1.807, 2.05) is 18.5 Å². The Morgan fingerprint density at radius 2 is 1.95 bits per heavy atom. The number of aromatic nitrogens is 2. The van der Waals surface area contributed by atoms with Gasteiger partial charge in [-0.1, -0.05) is 18.2 Å². The second kappa shape index (κ2) is 5.11. The van der Waals surface area contributed by atoms with Gasteiger partial charge in [-0.15, -0.1) is 0 Å². The van der Waals surface area contributed by atoms with Crippen LogP contribution in [0.5, 0.6) is 0 Å². The second-order valence-corrected chi connectivity index (χ2v) is 6.15. The number of hydrogen-bond acceptors (Lipinski definition) is 3. The van der Waals surface area contributed by atoms with Gasteiger partial charge in [0.15, 0.2) is 0 Å². The smallest absolute Gasteiger partial charge is 0.112 e. The Labute approximate surface area is 131 Å². The molecule has 0 saturated carbocycles. The molecule has 1 aliphatic rings. The molecule has 1 aromatic carbocycles. The highest BCUT2D eigenvalue weighted by molar-refractivity contribution is 9.10. The number of anilines is 2. The Morgan fingerprint density at radius 1 is 1.05 bits per heavy atom.